The highest BCUT2D eigenvalue weighted by molar-refractivity contribution is 5.83. The van der Waals surface area contributed by atoms with Crippen LogP contribution in [-0.2, 0) is 13.0 Å². The third-order valence-electron chi connectivity index (χ3n) is 4.44. The van der Waals surface area contributed by atoms with Gasteiger partial charge in [-0.3, -0.25) is 4.98 Å². The fourth-order valence-corrected chi connectivity index (χ4v) is 3.11. The van der Waals surface area contributed by atoms with E-state index in [0.29, 0.717) is 6.54 Å². The zero-order valence-electron chi connectivity index (χ0n) is 15.2. The molecule has 136 valence electrons. The van der Waals surface area contributed by atoms with E-state index in [4.69, 9.17) is 0 Å². The van der Waals surface area contributed by atoms with Crippen molar-refractivity contribution in [3.8, 4) is 0 Å². The summed E-state index contributed by atoms with van der Waals surface area (Å²) in [6.45, 7) is 3.41. The van der Waals surface area contributed by atoms with E-state index in [1.165, 1.54) is 16.5 Å². The molecule has 0 spiro atoms. The van der Waals surface area contributed by atoms with E-state index < -0.39 is 0 Å². The molecule has 0 unspecified atom stereocenters. The summed E-state index contributed by atoms with van der Waals surface area (Å²) in [4.78, 5) is 16.3. The minimum Gasteiger partial charge on any atom is -0.370 e. The van der Waals surface area contributed by atoms with Gasteiger partial charge in [0.25, 0.3) is 0 Å². The number of aryl methyl sites for hydroxylation is 1. The lowest BCUT2D eigenvalue weighted by molar-refractivity contribution is 0.978. The standard InChI is InChI=1S/C21H22N6/c1-15-26-20(12-21(27-15)25-13-16-6-9-22-10-7-16)23-11-8-17-14-24-19-5-3-2-4-18(17)19/h2-7,9-10,12,14,24H,8,11,13H2,1H3,(H2,23,25,26,27). The molecule has 27 heavy (non-hydrogen) atoms. The van der Waals surface area contributed by atoms with Gasteiger partial charge in [-0.1, -0.05) is 18.2 Å². The first-order valence-electron chi connectivity index (χ1n) is 9.05. The second kappa shape index (κ2) is 7.86. The summed E-state index contributed by atoms with van der Waals surface area (Å²) in [7, 11) is 0. The number of H-pyrrole nitrogens is 1. The maximum absolute atomic E-state index is 4.49. The van der Waals surface area contributed by atoms with E-state index >= 15 is 0 Å². The molecule has 3 heterocycles. The molecule has 4 rings (SSSR count). The first-order valence-corrected chi connectivity index (χ1v) is 9.05. The van der Waals surface area contributed by atoms with Crippen molar-refractivity contribution in [2.45, 2.75) is 19.9 Å². The largest absolute Gasteiger partial charge is 0.370 e. The fourth-order valence-electron chi connectivity index (χ4n) is 3.11. The monoisotopic (exact) mass is 358 g/mol. The van der Waals surface area contributed by atoms with Crippen LogP contribution in [0.4, 0.5) is 11.6 Å². The van der Waals surface area contributed by atoms with Crippen molar-refractivity contribution in [1.82, 2.24) is 19.9 Å². The van der Waals surface area contributed by atoms with E-state index in [-0.39, 0.29) is 0 Å². The molecular formula is C21H22N6. The molecular weight excluding hydrogens is 336 g/mol. The minimum atomic E-state index is 0.702. The smallest absolute Gasteiger partial charge is 0.132 e. The Morgan fingerprint density at radius 1 is 0.963 bits per heavy atom. The first kappa shape index (κ1) is 17.0. The van der Waals surface area contributed by atoms with Gasteiger partial charge in [-0.05, 0) is 42.7 Å². The number of hydrogen-bond acceptors (Lipinski definition) is 5. The number of nitrogens with one attached hydrogen (secondary N) is 3. The van der Waals surface area contributed by atoms with Gasteiger partial charge in [-0.25, -0.2) is 9.97 Å². The molecule has 3 N–H and O–H groups in total. The van der Waals surface area contributed by atoms with Gasteiger partial charge in [0.05, 0.1) is 0 Å². The maximum atomic E-state index is 4.49. The molecule has 0 radical (unpaired) electrons. The molecule has 4 aromatic rings. The number of anilines is 2. The average molecular weight is 358 g/mol. The molecule has 0 aliphatic rings. The SMILES string of the molecule is Cc1nc(NCCc2c[nH]c3ccccc23)cc(NCc2ccncc2)n1. The van der Waals surface area contributed by atoms with Crippen molar-refractivity contribution < 1.29 is 0 Å². The topological polar surface area (TPSA) is 78.5 Å². The van der Waals surface area contributed by atoms with Gasteiger partial charge < -0.3 is 15.6 Å². The van der Waals surface area contributed by atoms with Gasteiger partial charge in [0.15, 0.2) is 0 Å². The third-order valence-corrected chi connectivity index (χ3v) is 4.44. The normalized spacial score (nSPS) is 10.9. The van der Waals surface area contributed by atoms with Crippen LogP contribution in [0.3, 0.4) is 0 Å². The van der Waals surface area contributed by atoms with Gasteiger partial charge in [-0.15, -0.1) is 0 Å². The van der Waals surface area contributed by atoms with Crippen molar-refractivity contribution >= 4 is 22.5 Å². The van der Waals surface area contributed by atoms with Crippen LogP contribution >= 0.6 is 0 Å². The Balaban J connectivity index is 1.38. The van der Waals surface area contributed by atoms with Crippen LogP contribution in [0.15, 0.2) is 61.1 Å². The fraction of sp³-hybridized carbons (Fsp3) is 0.190. The summed E-state index contributed by atoms with van der Waals surface area (Å²) in [6.07, 6.45) is 6.59. The van der Waals surface area contributed by atoms with E-state index in [0.717, 1.165) is 36.0 Å². The third kappa shape index (κ3) is 4.23. The van der Waals surface area contributed by atoms with E-state index in [1.807, 2.05) is 31.2 Å². The van der Waals surface area contributed by atoms with Crippen LogP contribution in [0, 0.1) is 6.92 Å². The Bertz CT molecular complexity index is 1030. The van der Waals surface area contributed by atoms with Crippen molar-refractivity contribution in [1.29, 1.82) is 0 Å². The number of aromatic amines is 1. The summed E-state index contributed by atoms with van der Waals surface area (Å²) in [5.74, 6) is 2.39. The Kier molecular flexibility index (Phi) is 4.96. The van der Waals surface area contributed by atoms with E-state index in [1.54, 1.807) is 12.4 Å². The quantitative estimate of drug-likeness (QED) is 0.466. The summed E-state index contributed by atoms with van der Waals surface area (Å²) < 4.78 is 0. The average Bonchev–Trinajstić information content (AvgIpc) is 3.10. The van der Waals surface area contributed by atoms with Crippen molar-refractivity contribution in [2.75, 3.05) is 17.2 Å². The Labute approximate surface area is 158 Å². The number of aromatic nitrogens is 4. The van der Waals surface area contributed by atoms with Crippen molar-refractivity contribution in [2.24, 2.45) is 0 Å². The number of fused-ring (bicyclic) bond motifs is 1. The highest BCUT2D eigenvalue weighted by Crippen LogP contribution is 2.18. The van der Waals surface area contributed by atoms with E-state index in [2.05, 4.69) is 55.0 Å². The molecule has 0 saturated heterocycles. The number of para-hydroxylation sites is 1. The summed E-state index contributed by atoms with van der Waals surface area (Å²) in [6, 6.07) is 14.3. The van der Waals surface area contributed by atoms with Gasteiger partial charge in [0.1, 0.15) is 17.5 Å². The molecule has 0 aliphatic carbocycles. The molecule has 6 heteroatoms. The Morgan fingerprint density at radius 2 is 1.74 bits per heavy atom. The van der Waals surface area contributed by atoms with Crippen LogP contribution in [0.1, 0.15) is 17.0 Å². The number of benzene rings is 1. The Morgan fingerprint density at radius 3 is 2.59 bits per heavy atom. The van der Waals surface area contributed by atoms with Gasteiger partial charge in [0.2, 0.25) is 0 Å². The predicted molar refractivity (Wildman–Crippen MR) is 109 cm³/mol. The number of nitrogens with zero attached hydrogens (tertiary/aromatic N) is 3. The molecule has 0 amide bonds. The number of rotatable bonds is 7. The first-order chi connectivity index (χ1) is 13.3. The summed E-state index contributed by atoms with van der Waals surface area (Å²) >= 11 is 0. The van der Waals surface area contributed by atoms with Crippen LogP contribution in [0.2, 0.25) is 0 Å². The molecule has 1 aromatic carbocycles. The van der Waals surface area contributed by atoms with Crippen LogP contribution in [-0.4, -0.2) is 26.5 Å². The molecule has 6 nitrogen and oxygen atoms in total. The molecule has 3 aromatic heterocycles. The lowest BCUT2D eigenvalue weighted by Gasteiger charge is -2.10. The summed E-state index contributed by atoms with van der Waals surface area (Å²) in [5, 5.41) is 8.03. The van der Waals surface area contributed by atoms with Gasteiger partial charge >= 0.3 is 0 Å². The zero-order chi connectivity index (χ0) is 18.5. The molecule has 0 aliphatic heterocycles. The highest BCUT2D eigenvalue weighted by atomic mass is 15.1. The van der Waals surface area contributed by atoms with Crippen LogP contribution in [0.25, 0.3) is 10.9 Å². The lowest BCUT2D eigenvalue weighted by atomic mass is 10.1. The number of hydrogen-bond donors (Lipinski definition) is 3. The van der Waals surface area contributed by atoms with Gasteiger partial charge in [-0.2, -0.15) is 0 Å². The van der Waals surface area contributed by atoms with Crippen LogP contribution in [0.5, 0.6) is 0 Å². The lowest BCUT2D eigenvalue weighted by Crippen LogP contribution is -2.09. The zero-order valence-corrected chi connectivity index (χ0v) is 15.2. The highest BCUT2D eigenvalue weighted by Gasteiger charge is 2.05. The maximum Gasteiger partial charge on any atom is 0.132 e. The minimum absolute atomic E-state index is 0.702. The number of pyridine rings is 1. The molecule has 0 bridgehead atoms. The van der Waals surface area contributed by atoms with Gasteiger partial charge in [0, 0.05) is 48.6 Å². The van der Waals surface area contributed by atoms with Crippen molar-refractivity contribution in [3.05, 3.63) is 78.0 Å². The second-order valence-corrected chi connectivity index (χ2v) is 6.43. The van der Waals surface area contributed by atoms with Crippen molar-refractivity contribution in [3.63, 3.8) is 0 Å². The molecule has 0 atom stereocenters. The summed E-state index contributed by atoms with van der Waals surface area (Å²) in [5.41, 5.74) is 3.64. The van der Waals surface area contributed by atoms with E-state index in [9.17, 15) is 0 Å². The Hall–Kier alpha value is -3.41. The second-order valence-electron chi connectivity index (χ2n) is 6.43. The molecule has 0 fully saturated rings. The van der Waals surface area contributed by atoms with Crippen LogP contribution < -0.4 is 10.6 Å². The predicted octanol–water partition coefficient (Wildman–Crippen LogP) is 3.93. The molecule has 0 saturated carbocycles.